The molecule has 2 amide bonds. The van der Waals surface area contributed by atoms with E-state index in [1.165, 1.54) is 11.8 Å². The number of carbonyl (C=O) groups excluding carboxylic acids is 2. The highest BCUT2D eigenvalue weighted by Gasteiger charge is 2.51. The number of rotatable bonds is 6. The number of hydrogen-bond acceptors (Lipinski definition) is 4. The summed E-state index contributed by atoms with van der Waals surface area (Å²) < 4.78 is 5.07. The van der Waals surface area contributed by atoms with Crippen molar-refractivity contribution < 1.29 is 14.3 Å². The zero-order valence-corrected chi connectivity index (χ0v) is 15.9. The number of thioether (sulfide) groups is 1. The van der Waals surface area contributed by atoms with Crippen molar-refractivity contribution in [2.75, 3.05) is 45.6 Å². The minimum atomic E-state index is -0.367. The molecule has 1 unspecified atom stereocenters. The molecule has 1 aromatic rings. The largest absolute Gasteiger partial charge is 0.383 e. The van der Waals surface area contributed by atoms with E-state index in [0.29, 0.717) is 37.0 Å². The molecule has 25 heavy (non-hydrogen) atoms. The number of amides is 2. The van der Waals surface area contributed by atoms with E-state index in [1.54, 1.807) is 7.11 Å². The van der Waals surface area contributed by atoms with Crippen LogP contribution in [0.4, 0.5) is 0 Å². The summed E-state index contributed by atoms with van der Waals surface area (Å²) in [5.41, 5.74) is -0.367. The molecule has 7 heteroatoms. The van der Waals surface area contributed by atoms with Crippen molar-refractivity contribution in [3.05, 3.63) is 29.3 Å². The van der Waals surface area contributed by atoms with Crippen LogP contribution in [0.5, 0.6) is 0 Å². The van der Waals surface area contributed by atoms with Crippen LogP contribution >= 0.6 is 23.4 Å². The minimum absolute atomic E-state index is 0.0972. The van der Waals surface area contributed by atoms with Crippen molar-refractivity contribution in [3.8, 4) is 0 Å². The van der Waals surface area contributed by atoms with E-state index in [-0.39, 0.29) is 17.2 Å². The molecule has 5 nitrogen and oxygen atoms in total. The van der Waals surface area contributed by atoms with Gasteiger partial charge in [-0.05, 0) is 37.1 Å². The van der Waals surface area contributed by atoms with Gasteiger partial charge in [0, 0.05) is 43.2 Å². The van der Waals surface area contributed by atoms with Gasteiger partial charge in [-0.25, -0.2) is 0 Å². The van der Waals surface area contributed by atoms with E-state index in [2.05, 4.69) is 0 Å². The smallest absolute Gasteiger partial charge is 0.232 e. The van der Waals surface area contributed by atoms with Crippen LogP contribution in [0.15, 0.2) is 29.2 Å². The molecule has 136 valence electrons. The topological polar surface area (TPSA) is 49.9 Å². The van der Waals surface area contributed by atoms with Crippen LogP contribution < -0.4 is 0 Å². The maximum atomic E-state index is 12.7. The van der Waals surface area contributed by atoms with Gasteiger partial charge in [0.2, 0.25) is 11.8 Å². The first-order valence-electron chi connectivity index (χ1n) is 8.48. The van der Waals surface area contributed by atoms with Gasteiger partial charge in [-0.1, -0.05) is 11.6 Å². The van der Waals surface area contributed by atoms with Crippen LogP contribution in [0.25, 0.3) is 0 Å². The van der Waals surface area contributed by atoms with Crippen LogP contribution in [0.2, 0.25) is 5.02 Å². The van der Waals surface area contributed by atoms with Gasteiger partial charge in [-0.2, -0.15) is 0 Å². The molecule has 0 radical (unpaired) electrons. The van der Waals surface area contributed by atoms with Crippen LogP contribution in [-0.2, 0) is 14.3 Å². The minimum Gasteiger partial charge on any atom is -0.383 e. The molecule has 2 aliphatic heterocycles. The highest BCUT2D eigenvalue weighted by atomic mass is 35.5. The number of carbonyl (C=O) groups is 2. The molecule has 0 bridgehead atoms. The number of hydrogen-bond donors (Lipinski definition) is 0. The second kappa shape index (κ2) is 7.98. The number of methoxy groups -OCH3 is 1. The first-order valence-corrected chi connectivity index (χ1v) is 9.85. The molecule has 3 rings (SSSR count). The van der Waals surface area contributed by atoms with E-state index in [4.69, 9.17) is 16.3 Å². The third-order valence-corrected chi connectivity index (χ3v) is 6.30. The number of halogens is 1. The van der Waals surface area contributed by atoms with Gasteiger partial charge in [-0.3, -0.25) is 9.59 Å². The van der Waals surface area contributed by atoms with E-state index in [9.17, 15) is 9.59 Å². The zero-order valence-electron chi connectivity index (χ0n) is 14.4. The van der Waals surface area contributed by atoms with Gasteiger partial charge in [0.25, 0.3) is 0 Å². The Hall–Kier alpha value is -1.24. The molecule has 1 aromatic carbocycles. The van der Waals surface area contributed by atoms with Gasteiger partial charge >= 0.3 is 0 Å². The summed E-state index contributed by atoms with van der Waals surface area (Å²) in [6.07, 6.45) is 1.61. The molecule has 0 N–H and O–H groups in total. The average molecular weight is 383 g/mol. The fourth-order valence-corrected chi connectivity index (χ4v) is 4.47. The quantitative estimate of drug-likeness (QED) is 0.709. The Morgan fingerprint density at radius 1 is 1.28 bits per heavy atom. The summed E-state index contributed by atoms with van der Waals surface area (Å²) in [5.74, 6) is 0.671. The van der Waals surface area contributed by atoms with Crippen LogP contribution in [0.3, 0.4) is 0 Å². The maximum Gasteiger partial charge on any atom is 0.232 e. The Morgan fingerprint density at radius 3 is 2.72 bits per heavy atom. The lowest BCUT2D eigenvalue weighted by molar-refractivity contribution is -0.136. The maximum absolute atomic E-state index is 12.7. The Labute approximate surface area is 157 Å². The summed E-state index contributed by atoms with van der Waals surface area (Å²) >= 11 is 7.38. The predicted octanol–water partition coefficient (Wildman–Crippen LogP) is 2.53. The van der Waals surface area contributed by atoms with E-state index in [0.717, 1.165) is 24.3 Å². The highest BCUT2D eigenvalue weighted by Crippen LogP contribution is 2.40. The van der Waals surface area contributed by atoms with Gasteiger partial charge in [-0.15, -0.1) is 11.8 Å². The van der Waals surface area contributed by atoms with Gasteiger partial charge in [0.1, 0.15) is 0 Å². The molecule has 0 aromatic heterocycles. The fourth-order valence-electron chi connectivity index (χ4n) is 3.54. The van der Waals surface area contributed by atoms with E-state index < -0.39 is 0 Å². The molecule has 0 aliphatic carbocycles. The molecule has 2 heterocycles. The summed E-state index contributed by atoms with van der Waals surface area (Å²) in [4.78, 5) is 30.0. The normalized spacial score (nSPS) is 23.0. The molecule has 1 spiro atoms. The second-order valence-corrected chi connectivity index (χ2v) is 8.11. The van der Waals surface area contributed by atoms with Crippen LogP contribution in [0.1, 0.15) is 12.8 Å². The van der Waals surface area contributed by atoms with Crippen LogP contribution in [-0.4, -0.2) is 67.3 Å². The number of nitrogens with zero attached hydrogens (tertiary/aromatic N) is 2. The summed E-state index contributed by atoms with van der Waals surface area (Å²) in [5, 5.41) is 0.690. The molecule has 2 saturated heterocycles. The Balaban J connectivity index is 1.52. The summed E-state index contributed by atoms with van der Waals surface area (Å²) in [7, 11) is 1.64. The molecular weight excluding hydrogens is 360 g/mol. The number of benzene rings is 1. The van der Waals surface area contributed by atoms with E-state index in [1.807, 2.05) is 34.1 Å². The Bertz CT molecular complexity index is 640. The van der Waals surface area contributed by atoms with Crippen molar-refractivity contribution in [1.29, 1.82) is 0 Å². The molecule has 0 saturated carbocycles. The fraction of sp³-hybridized carbons (Fsp3) is 0.556. The molecular formula is C18H23ClN2O3S. The first kappa shape index (κ1) is 18.5. The average Bonchev–Trinajstić information content (AvgIpc) is 3.18. The number of ether oxygens (including phenoxy) is 1. The van der Waals surface area contributed by atoms with Crippen molar-refractivity contribution in [2.45, 2.75) is 17.7 Å². The molecule has 1 atom stereocenters. The van der Waals surface area contributed by atoms with Gasteiger partial charge < -0.3 is 14.5 Å². The lowest BCUT2D eigenvalue weighted by atomic mass is 9.85. The third-order valence-electron chi connectivity index (χ3n) is 5.05. The van der Waals surface area contributed by atoms with Gasteiger partial charge in [0.15, 0.2) is 0 Å². The lowest BCUT2D eigenvalue weighted by Crippen LogP contribution is -2.39. The highest BCUT2D eigenvalue weighted by molar-refractivity contribution is 8.00. The standard InChI is InChI=1S/C18H23ClN2O3S/c1-24-11-10-20-8-6-18(17(20)23)7-9-21(13-18)16(22)12-25-15-4-2-14(19)3-5-15/h2-5H,6-13H2,1H3. The first-order chi connectivity index (χ1) is 12.0. The SMILES string of the molecule is COCCN1CCC2(CCN(C(=O)CSc3ccc(Cl)cc3)C2)C1=O. The predicted molar refractivity (Wildman–Crippen MR) is 98.9 cm³/mol. The Kier molecular flexibility index (Phi) is 5.92. The zero-order chi connectivity index (χ0) is 17.9. The van der Waals surface area contributed by atoms with Crippen molar-refractivity contribution in [1.82, 2.24) is 9.80 Å². The molecule has 2 aliphatic rings. The molecule has 2 fully saturated rings. The summed E-state index contributed by atoms with van der Waals surface area (Å²) in [6, 6.07) is 7.48. The van der Waals surface area contributed by atoms with Crippen molar-refractivity contribution in [3.63, 3.8) is 0 Å². The Morgan fingerprint density at radius 2 is 2.00 bits per heavy atom. The van der Waals surface area contributed by atoms with Crippen LogP contribution in [0, 0.1) is 5.41 Å². The number of likely N-dealkylation sites (tertiary alicyclic amines) is 2. The van der Waals surface area contributed by atoms with E-state index >= 15 is 0 Å². The van der Waals surface area contributed by atoms with Crippen molar-refractivity contribution in [2.24, 2.45) is 5.41 Å². The van der Waals surface area contributed by atoms with Crippen molar-refractivity contribution >= 4 is 35.2 Å². The lowest BCUT2D eigenvalue weighted by Gasteiger charge is -2.23. The third kappa shape index (κ3) is 4.13. The van der Waals surface area contributed by atoms with Gasteiger partial charge in [0.05, 0.1) is 17.8 Å². The summed E-state index contributed by atoms with van der Waals surface area (Å²) in [6.45, 7) is 3.18. The second-order valence-electron chi connectivity index (χ2n) is 6.62. The monoisotopic (exact) mass is 382 g/mol.